The second-order valence-corrected chi connectivity index (χ2v) is 3.87. The molecule has 0 aliphatic heterocycles. The molecular weight excluding hydrogens is 188 g/mol. The fraction of sp³-hybridized carbons (Fsp3) is 0.250. The Bertz CT molecular complexity index is 526. The number of amides is 1. The first-order chi connectivity index (χ1) is 7.09. The third kappa shape index (κ3) is 1.61. The number of aromatic nitrogens is 1. The second kappa shape index (κ2) is 3.42. The highest BCUT2D eigenvalue weighted by molar-refractivity contribution is 5.91. The summed E-state index contributed by atoms with van der Waals surface area (Å²) < 4.78 is 0. The molecule has 0 atom stereocenters. The highest BCUT2D eigenvalue weighted by atomic mass is 16.1. The largest absolute Gasteiger partial charge is 0.369 e. The zero-order chi connectivity index (χ0) is 11.0. The minimum absolute atomic E-state index is 0.291. The van der Waals surface area contributed by atoms with E-state index in [2.05, 4.69) is 4.98 Å². The molecule has 1 aromatic heterocycles. The van der Waals surface area contributed by atoms with Gasteiger partial charge in [0.1, 0.15) is 0 Å². The number of nitrogens with one attached hydrogen (secondary N) is 1. The molecule has 3 nitrogen and oxygen atoms in total. The van der Waals surface area contributed by atoms with Crippen LogP contribution in [0.3, 0.4) is 0 Å². The van der Waals surface area contributed by atoms with Crippen LogP contribution in [0, 0.1) is 13.8 Å². The topological polar surface area (TPSA) is 58.9 Å². The van der Waals surface area contributed by atoms with Gasteiger partial charge < -0.3 is 10.7 Å². The maximum absolute atomic E-state index is 11.0. The number of primary amides is 1. The van der Waals surface area contributed by atoms with E-state index in [0.717, 1.165) is 22.2 Å². The Labute approximate surface area is 88.3 Å². The lowest BCUT2D eigenvalue weighted by atomic mass is 10.1. The molecule has 0 saturated heterocycles. The zero-order valence-corrected chi connectivity index (χ0v) is 8.92. The normalized spacial score (nSPS) is 10.8. The average Bonchev–Trinajstić information content (AvgIpc) is 2.45. The number of hydrogen-bond donors (Lipinski definition) is 2. The first kappa shape index (κ1) is 9.77. The molecule has 3 heteroatoms. The standard InChI is InChI=1S/C12H14N2O/c1-7-4-3-5-9-10(6-11(13)15)8(2)14-12(7)9/h3-5,14H,6H2,1-2H3,(H2,13,15). The summed E-state index contributed by atoms with van der Waals surface area (Å²) >= 11 is 0. The van der Waals surface area contributed by atoms with Crippen molar-refractivity contribution in [2.75, 3.05) is 0 Å². The number of fused-ring (bicyclic) bond motifs is 1. The number of aryl methyl sites for hydroxylation is 2. The van der Waals surface area contributed by atoms with E-state index in [0.29, 0.717) is 6.42 Å². The highest BCUT2D eigenvalue weighted by Gasteiger charge is 2.11. The average molecular weight is 202 g/mol. The lowest BCUT2D eigenvalue weighted by molar-refractivity contribution is -0.117. The van der Waals surface area contributed by atoms with Crippen molar-refractivity contribution in [2.45, 2.75) is 20.3 Å². The monoisotopic (exact) mass is 202 g/mol. The van der Waals surface area contributed by atoms with Crippen LogP contribution < -0.4 is 5.73 Å². The summed E-state index contributed by atoms with van der Waals surface area (Å²) in [6.07, 6.45) is 0.301. The van der Waals surface area contributed by atoms with Gasteiger partial charge in [-0.3, -0.25) is 4.79 Å². The van der Waals surface area contributed by atoms with Crippen LogP contribution >= 0.6 is 0 Å². The number of rotatable bonds is 2. The predicted molar refractivity (Wildman–Crippen MR) is 60.7 cm³/mol. The number of para-hydroxylation sites is 1. The van der Waals surface area contributed by atoms with Gasteiger partial charge in [-0.05, 0) is 25.0 Å². The van der Waals surface area contributed by atoms with E-state index in [9.17, 15) is 4.79 Å². The highest BCUT2D eigenvalue weighted by Crippen LogP contribution is 2.24. The molecule has 2 aromatic rings. The molecule has 0 spiro atoms. The summed E-state index contributed by atoms with van der Waals surface area (Å²) in [5.41, 5.74) is 9.56. The third-order valence-electron chi connectivity index (χ3n) is 2.71. The molecule has 78 valence electrons. The van der Waals surface area contributed by atoms with E-state index < -0.39 is 0 Å². The molecule has 0 radical (unpaired) electrons. The molecule has 15 heavy (non-hydrogen) atoms. The number of carbonyl (C=O) groups excluding carboxylic acids is 1. The van der Waals surface area contributed by atoms with Crippen LogP contribution in [-0.2, 0) is 11.2 Å². The summed E-state index contributed by atoms with van der Waals surface area (Å²) in [6.45, 7) is 4.02. The third-order valence-corrected chi connectivity index (χ3v) is 2.71. The summed E-state index contributed by atoms with van der Waals surface area (Å²) in [5.74, 6) is -0.291. The van der Waals surface area contributed by atoms with Gasteiger partial charge in [-0.1, -0.05) is 18.2 Å². The van der Waals surface area contributed by atoms with Gasteiger partial charge in [-0.15, -0.1) is 0 Å². The number of carbonyl (C=O) groups is 1. The fourth-order valence-corrected chi connectivity index (χ4v) is 1.95. The molecule has 0 unspecified atom stereocenters. The van der Waals surface area contributed by atoms with E-state index in [1.807, 2.05) is 32.0 Å². The fourth-order valence-electron chi connectivity index (χ4n) is 1.95. The molecule has 1 heterocycles. The second-order valence-electron chi connectivity index (χ2n) is 3.87. The molecule has 1 amide bonds. The number of benzene rings is 1. The van der Waals surface area contributed by atoms with Crippen LogP contribution in [0.2, 0.25) is 0 Å². The van der Waals surface area contributed by atoms with Gasteiger partial charge in [0.25, 0.3) is 0 Å². The van der Waals surface area contributed by atoms with Gasteiger partial charge in [-0.2, -0.15) is 0 Å². The molecule has 0 saturated carbocycles. The molecule has 0 bridgehead atoms. The molecule has 0 aliphatic carbocycles. The van der Waals surface area contributed by atoms with Crippen molar-refractivity contribution in [3.8, 4) is 0 Å². The maximum atomic E-state index is 11.0. The summed E-state index contributed by atoms with van der Waals surface area (Å²) in [5, 5.41) is 1.10. The van der Waals surface area contributed by atoms with Crippen molar-refractivity contribution in [3.05, 3.63) is 35.0 Å². The van der Waals surface area contributed by atoms with Gasteiger partial charge >= 0.3 is 0 Å². The summed E-state index contributed by atoms with van der Waals surface area (Å²) in [6, 6.07) is 6.06. The van der Waals surface area contributed by atoms with Crippen molar-refractivity contribution < 1.29 is 4.79 Å². The minimum atomic E-state index is -0.291. The van der Waals surface area contributed by atoms with Crippen LogP contribution in [0.25, 0.3) is 10.9 Å². The van der Waals surface area contributed by atoms with Crippen LogP contribution in [0.15, 0.2) is 18.2 Å². The van der Waals surface area contributed by atoms with Crippen molar-refractivity contribution in [1.82, 2.24) is 4.98 Å². The molecule has 0 fully saturated rings. The molecule has 2 rings (SSSR count). The molecular formula is C12H14N2O. The quantitative estimate of drug-likeness (QED) is 0.766. The van der Waals surface area contributed by atoms with E-state index >= 15 is 0 Å². The summed E-state index contributed by atoms with van der Waals surface area (Å²) in [7, 11) is 0. The van der Waals surface area contributed by atoms with Crippen LogP contribution in [-0.4, -0.2) is 10.9 Å². The maximum Gasteiger partial charge on any atom is 0.221 e. The lowest BCUT2D eigenvalue weighted by Gasteiger charge is -1.98. The van der Waals surface area contributed by atoms with Crippen molar-refractivity contribution in [1.29, 1.82) is 0 Å². The Morgan fingerprint density at radius 2 is 2.13 bits per heavy atom. The van der Waals surface area contributed by atoms with Crippen molar-refractivity contribution >= 4 is 16.8 Å². The van der Waals surface area contributed by atoms with E-state index in [-0.39, 0.29) is 5.91 Å². The van der Waals surface area contributed by atoms with Crippen LogP contribution in [0.4, 0.5) is 0 Å². The number of H-pyrrole nitrogens is 1. The Kier molecular flexibility index (Phi) is 2.23. The van der Waals surface area contributed by atoms with Gasteiger partial charge in [0, 0.05) is 16.6 Å². The predicted octanol–water partition coefficient (Wildman–Crippen LogP) is 1.81. The molecule has 1 aromatic carbocycles. The number of nitrogens with two attached hydrogens (primary N) is 1. The molecule has 3 N–H and O–H groups in total. The minimum Gasteiger partial charge on any atom is -0.369 e. The van der Waals surface area contributed by atoms with Gasteiger partial charge in [0.05, 0.1) is 6.42 Å². The molecule has 0 aliphatic rings. The van der Waals surface area contributed by atoms with E-state index in [1.165, 1.54) is 5.56 Å². The Morgan fingerprint density at radius 1 is 1.40 bits per heavy atom. The smallest absolute Gasteiger partial charge is 0.221 e. The summed E-state index contributed by atoms with van der Waals surface area (Å²) in [4.78, 5) is 14.2. The number of aromatic amines is 1. The van der Waals surface area contributed by atoms with Gasteiger partial charge in [0.2, 0.25) is 5.91 Å². The Balaban J connectivity index is 2.68. The number of hydrogen-bond acceptors (Lipinski definition) is 1. The van der Waals surface area contributed by atoms with Crippen LogP contribution in [0.1, 0.15) is 16.8 Å². The zero-order valence-electron chi connectivity index (χ0n) is 8.92. The lowest BCUT2D eigenvalue weighted by Crippen LogP contribution is -2.13. The van der Waals surface area contributed by atoms with Crippen molar-refractivity contribution in [3.63, 3.8) is 0 Å². The Morgan fingerprint density at radius 3 is 2.80 bits per heavy atom. The Hall–Kier alpha value is -1.77. The first-order valence-electron chi connectivity index (χ1n) is 4.94. The van der Waals surface area contributed by atoms with Gasteiger partial charge in [-0.25, -0.2) is 0 Å². The SMILES string of the molecule is Cc1[nH]c2c(C)cccc2c1CC(N)=O. The van der Waals surface area contributed by atoms with Crippen molar-refractivity contribution in [2.24, 2.45) is 5.73 Å². The van der Waals surface area contributed by atoms with E-state index in [4.69, 9.17) is 5.73 Å². The van der Waals surface area contributed by atoms with Gasteiger partial charge in [0.15, 0.2) is 0 Å². The first-order valence-corrected chi connectivity index (χ1v) is 4.94. The van der Waals surface area contributed by atoms with Crippen LogP contribution in [0.5, 0.6) is 0 Å². The van der Waals surface area contributed by atoms with E-state index in [1.54, 1.807) is 0 Å².